The highest BCUT2D eigenvalue weighted by atomic mass is 16.5. The van der Waals surface area contributed by atoms with Crippen LogP contribution in [0.2, 0.25) is 0 Å². The maximum atomic E-state index is 12.7. The van der Waals surface area contributed by atoms with Crippen molar-refractivity contribution in [2.75, 3.05) is 14.2 Å². The fraction of sp³-hybridized carbons (Fsp3) is 0.381. The molecule has 2 unspecified atom stereocenters. The topological polar surface area (TPSA) is 47.6 Å². The number of amides is 1. The number of hydrogen-bond acceptors (Lipinski definition) is 3. The van der Waals surface area contributed by atoms with Gasteiger partial charge in [0, 0.05) is 11.5 Å². The molecule has 2 aromatic rings. The Morgan fingerprint density at radius 2 is 1.36 bits per heavy atom. The lowest BCUT2D eigenvalue weighted by Gasteiger charge is -2.43. The Labute approximate surface area is 149 Å². The first-order valence-electron chi connectivity index (χ1n) is 8.54. The summed E-state index contributed by atoms with van der Waals surface area (Å²) in [5, 5.41) is 3.21. The zero-order valence-corrected chi connectivity index (χ0v) is 15.2. The minimum absolute atomic E-state index is 0.0833. The maximum absolute atomic E-state index is 12.7. The molecular formula is C21H25NO3. The van der Waals surface area contributed by atoms with Crippen molar-refractivity contribution in [3.63, 3.8) is 0 Å². The van der Waals surface area contributed by atoms with Crippen molar-refractivity contribution in [2.45, 2.75) is 37.6 Å². The van der Waals surface area contributed by atoms with Crippen molar-refractivity contribution in [3.8, 4) is 11.5 Å². The second-order valence-electron chi connectivity index (χ2n) is 7.10. The van der Waals surface area contributed by atoms with Crippen LogP contribution in [0.1, 0.15) is 43.2 Å². The van der Waals surface area contributed by atoms with Crippen molar-refractivity contribution in [3.05, 3.63) is 59.7 Å². The zero-order valence-electron chi connectivity index (χ0n) is 15.2. The van der Waals surface area contributed by atoms with Gasteiger partial charge in [-0.15, -0.1) is 0 Å². The minimum Gasteiger partial charge on any atom is -0.497 e. The summed E-state index contributed by atoms with van der Waals surface area (Å²) >= 11 is 0. The largest absolute Gasteiger partial charge is 0.497 e. The SMILES string of the molecule is COc1ccc(C2CC(c3ccc(OC)cc3)C(C)(C)NC2=O)cc1. The molecule has 0 radical (unpaired) electrons. The number of carbonyl (C=O) groups is 1. The molecule has 1 saturated heterocycles. The van der Waals surface area contributed by atoms with E-state index in [2.05, 4.69) is 31.3 Å². The first kappa shape index (κ1) is 17.3. The molecule has 1 aliphatic rings. The third-order valence-electron chi connectivity index (χ3n) is 5.14. The van der Waals surface area contributed by atoms with Gasteiger partial charge in [0.25, 0.3) is 0 Å². The number of nitrogens with one attached hydrogen (secondary N) is 1. The van der Waals surface area contributed by atoms with E-state index in [0.717, 1.165) is 23.5 Å². The number of hydrogen-bond donors (Lipinski definition) is 1. The monoisotopic (exact) mass is 339 g/mol. The summed E-state index contributed by atoms with van der Waals surface area (Å²) < 4.78 is 10.5. The van der Waals surface area contributed by atoms with E-state index in [1.807, 2.05) is 36.4 Å². The quantitative estimate of drug-likeness (QED) is 0.920. The van der Waals surface area contributed by atoms with Gasteiger partial charge in [-0.1, -0.05) is 24.3 Å². The molecule has 1 fully saturated rings. The molecule has 1 heterocycles. The number of carbonyl (C=O) groups excluding carboxylic acids is 1. The molecule has 2 atom stereocenters. The maximum Gasteiger partial charge on any atom is 0.227 e. The average molecular weight is 339 g/mol. The highest BCUT2D eigenvalue weighted by molar-refractivity contribution is 5.85. The van der Waals surface area contributed by atoms with Crippen molar-refractivity contribution >= 4 is 5.91 Å². The first-order valence-corrected chi connectivity index (χ1v) is 8.54. The summed E-state index contributed by atoms with van der Waals surface area (Å²) in [6.07, 6.45) is 0.775. The summed E-state index contributed by atoms with van der Waals surface area (Å²) in [4.78, 5) is 12.7. The normalized spacial score (nSPS) is 22.2. The molecular weight excluding hydrogens is 314 g/mol. The Morgan fingerprint density at radius 3 is 1.84 bits per heavy atom. The summed E-state index contributed by atoms with van der Waals surface area (Å²) in [5.74, 6) is 1.79. The Hall–Kier alpha value is -2.49. The number of piperidine rings is 1. The predicted molar refractivity (Wildman–Crippen MR) is 98.3 cm³/mol. The Morgan fingerprint density at radius 1 is 0.880 bits per heavy atom. The molecule has 4 heteroatoms. The van der Waals surface area contributed by atoms with E-state index < -0.39 is 0 Å². The summed E-state index contributed by atoms with van der Waals surface area (Å²) in [5.41, 5.74) is 1.94. The molecule has 0 aromatic heterocycles. The van der Waals surface area contributed by atoms with Crippen LogP contribution in [0.4, 0.5) is 0 Å². The van der Waals surface area contributed by atoms with Gasteiger partial charge in [-0.25, -0.2) is 0 Å². The number of benzene rings is 2. The van der Waals surface area contributed by atoms with Crippen LogP contribution in [0.3, 0.4) is 0 Å². The highest BCUT2D eigenvalue weighted by Gasteiger charge is 2.42. The van der Waals surface area contributed by atoms with Crippen molar-refractivity contribution in [1.82, 2.24) is 5.32 Å². The fourth-order valence-electron chi connectivity index (χ4n) is 3.64. The Bertz CT molecular complexity index is 735. The summed E-state index contributed by atoms with van der Waals surface area (Å²) in [7, 11) is 3.31. The van der Waals surface area contributed by atoms with Gasteiger partial charge in [0.2, 0.25) is 5.91 Å². The molecule has 1 N–H and O–H groups in total. The van der Waals surface area contributed by atoms with Gasteiger partial charge in [0.05, 0.1) is 20.1 Å². The fourth-order valence-corrected chi connectivity index (χ4v) is 3.64. The van der Waals surface area contributed by atoms with E-state index in [-0.39, 0.29) is 23.3 Å². The highest BCUT2D eigenvalue weighted by Crippen LogP contribution is 2.42. The average Bonchev–Trinajstić information content (AvgIpc) is 2.61. The van der Waals surface area contributed by atoms with Crippen molar-refractivity contribution in [1.29, 1.82) is 0 Å². The number of rotatable bonds is 4. The lowest BCUT2D eigenvalue weighted by atomic mass is 9.71. The predicted octanol–water partition coefficient (Wildman–Crippen LogP) is 3.87. The van der Waals surface area contributed by atoms with Crippen LogP contribution >= 0.6 is 0 Å². The number of ether oxygens (including phenoxy) is 2. The van der Waals surface area contributed by atoms with E-state index in [1.54, 1.807) is 14.2 Å². The van der Waals surface area contributed by atoms with Crippen LogP contribution in [-0.2, 0) is 4.79 Å². The lowest BCUT2D eigenvalue weighted by molar-refractivity contribution is -0.127. The minimum atomic E-state index is -0.297. The molecule has 1 aliphatic heterocycles. The smallest absolute Gasteiger partial charge is 0.227 e. The molecule has 25 heavy (non-hydrogen) atoms. The van der Waals surface area contributed by atoms with Crippen LogP contribution in [-0.4, -0.2) is 25.7 Å². The molecule has 0 spiro atoms. The molecule has 0 saturated carbocycles. The zero-order chi connectivity index (χ0) is 18.0. The van der Waals surface area contributed by atoms with Gasteiger partial charge in [-0.2, -0.15) is 0 Å². The molecule has 0 bridgehead atoms. The van der Waals surface area contributed by atoms with Crippen LogP contribution in [0.15, 0.2) is 48.5 Å². The van der Waals surface area contributed by atoms with E-state index in [4.69, 9.17) is 9.47 Å². The van der Waals surface area contributed by atoms with Crippen molar-refractivity contribution < 1.29 is 14.3 Å². The molecule has 132 valence electrons. The molecule has 0 aliphatic carbocycles. The second-order valence-corrected chi connectivity index (χ2v) is 7.10. The summed E-state index contributed by atoms with van der Waals surface area (Å²) in [6.45, 7) is 4.17. The van der Waals surface area contributed by atoms with Gasteiger partial charge in [0.15, 0.2) is 0 Å². The standard InChI is InChI=1S/C21H25NO3/c1-21(2)19(15-7-11-17(25-4)12-8-15)13-18(20(23)22-21)14-5-9-16(24-3)10-6-14/h5-12,18-19H,13H2,1-4H3,(H,22,23). The van der Waals surface area contributed by atoms with Gasteiger partial charge < -0.3 is 14.8 Å². The van der Waals surface area contributed by atoms with Gasteiger partial charge in [-0.3, -0.25) is 4.79 Å². The third kappa shape index (κ3) is 3.48. The Kier molecular flexibility index (Phi) is 4.71. The third-order valence-corrected chi connectivity index (χ3v) is 5.14. The molecule has 1 amide bonds. The second kappa shape index (κ2) is 6.79. The van der Waals surface area contributed by atoms with Crippen LogP contribution < -0.4 is 14.8 Å². The molecule has 3 rings (SSSR count). The van der Waals surface area contributed by atoms with E-state index in [1.165, 1.54) is 5.56 Å². The molecule has 2 aromatic carbocycles. The van der Waals surface area contributed by atoms with Crippen LogP contribution in [0.5, 0.6) is 11.5 Å². The van der Waals surface area contributed by atoms with Gasteiger partial charge in [0.1, 0.15) is 11.5 Å². The van der Waals surface area contributed by atoms with Crippen molar-refractivity contribution in [2.24, 2.45) is 0 Å². The van der Waals surface area contributed by atoms with Crippen LogP contribution in [0, 0.1) is 0 Å². The lowest BCUT2D eigenvalue weighted by Crippen LogP contribution is -2.54. The van der Waals surface area contributed by atoms with Gasteiger partial charge in [-0.05, 0) is 55.7 Å². The Balaban J connectivity index is 1.90. The first-order chi connectivity index (χ1) is 11.9. The van der Waals surface area contributed by atoms with E-state index in [0.29, 0.717) is 0 Å². The van der Waals surface area contributed by atoms with Gasteiger partial charge >= 0.3 is 0 Å². The summed E-state index contributed by atoms with van der Waals surface area (Å²) in [6, 6.07) is 15.9. The van der Waals surface area contributed by atoms with E-state index in [9.17, 15) is 4.79 Å². The van der Waals surface area contributed by atoms with E-state index >= 15 is 0 Å². The van der Waals surface area contributed by atoms with Crippen LogP contribution in [0.25, 0.3) is 0 Å². The number of methoxy groups -OCH3 is 2. The molecule has 4 nitrogen and oxygen atoms in total.